The molecule has 1 saturated heterocycles. The Balaban J connectivity index is 1.55. The molecule has 2 aromatic heterocycles. The zero-order valence-corrected chi connectivity index (χ0v) is 17.7. The number of fused-ring (bicyclic) bond motifs is 1. The van der Waals surface area contributed by atoms with E-state index in [1.54, 1.807) is 14.0 Å². The van der Waals surface area contributed by atoms with Crippen molar-refractivity contribution in [3.8, 4) is 0 Å². The molecule has 4 rings (SSSR count). The monoisotopic (exact) mass is 425 g/mol. The number of carbonyl (C=O) groups excluding carboxylic acids is 2. The van der Waals surface area contributed by atoms with Gasteiger partial charge in [-0.3, -0.25) is 19.3 Å². The third-order valence-electron chi connectivity index (χ3n) is 5.48. The number of nitrogens with one attached hydrogen (secondary N) is 1. The summed E-state index contributed by atoms with van der Waals surface area (Å²) in [6.45, 7) is 3.19. The maximum Gasteiger partial charge on any atom is 0.266 e. The third-order valence-corrected chi connectivity index (χ3v) is 6.68. The first-order valence-corrected chi connectivity index (χ1v) is 10.5. The molecule has 1 fully saturated rings. The molecule has 0 bridgehead atoms. The van der Waals surface area contributed by atoms with Gasteiger partial charge in [-0.15, -0.1) is 11.3 Å². The van der Waals surface area contributed by atoms with Crippen LogP contribution in [-0.4, -0.2) is 38.9 Å². The summed E-state index contributed by atoms with van der Waals surface area (Å²) in [4.78, 5) is 44.3. The molecule has 1 aliphatic heterocycles. The Morgan fingerprint density at radius 2 is 2.17 bits per heavy atom. The number of hydrogen-bond donors (Lipinski definition) is 2. The van der Waals surface area contributed by atoms with Crippen molar-refractivity contribution < 1.29 is 9.59 Å². The van der Waals surface area contributed by atoms with E-state index in [9.17, 15) is 14.4 Å². The zero-order chi connectivity index (χ0) is 21.4. The minimum atomic E-state index is -0.294. The second kappa shape index (κ2) is 8.00. The van der Waals surface area contributed by atoms with Crippen LogP contribution in [0.5, 0.6) is 0 Å². The summed E-state index contributed by atoms with van der Waals surface area (Å²) >= 11 is 1.21. The van der Waals surface area contributed by atoms with Crippen molar-refractivity contribution in [3.63, 3.8) is 0 Å². The number of primary amides is 1. The van der Waals surface area contributed by atoms with Crippen LogP contribution in [0, 0.1) is 6.92 Å². The fraction of sp³-hybridized carbons (Fsp3) is 0.333. The lowest BCUT2D eigenvalue weighted by Gasteiger charge is -2.22. The normalized spacial score (nSPS) is 16.8. The Labute approximate surface area is 177 Å². The minimum absolute atomic E-state index is 0.163. The van der Waals surface area contributed by atoms with Gasteiger partial charge in [0, 0.05) is 19.3 Å². The molecular weight excluding hydrogens is 402 g/mol. The Kier molecular flexibility index (Phi) is 5.40. The summed E-state index contributed by atoms with van der Waals surface area (Å²) in [6.07, 6.45) is 3.19. The lowest BCUT2D eigenvalue weighted by Crippen LogP contribution is -2.39. The van der Waals surface area contributed by atoms with Crippen LogP contribution in [0.2, 0.25) is 0 Å². The molecule has 1 aromatic carbocycles. The molecule has 1 aliphatic rings. The van der Waals surface area contributed by atoms with Crippen LogP contribution in [0.15, 0.2) is 35.4 Å². The first-order valence-electron chi connectivity index (χ1n) is 9.73. The average Bonchev–Trinajstić information content (AvgIpc) is 3.30. The molecule has 3 heterocycles. The number of aryl methyl sites for hydroxylation is 2. The smallest absolute Gasteiger partial charge is 0.266 e. The second-order valence-electron chi connectivity index (χ2n) is 7.58. The molecular formula is C21H23N5O3S. The van der Waals surface area contributed by atoms with Crippen molar-refractivity contribution >= 4 is 39.1 Å². The van der Waals surface area contributed by atoms with Crippen molar-refractivity contribution in [2.75, 3.05) is 11.9 Å². The fourth-order valence-electron chi connectivity index (χ4n) is 3.93. The molecule has 0 radical (unpaired) electrons. The average molecular weight is 426 g/mol. The van der Waals surface area contributed by atoms with Crippen molar-refractivity contribution in [1.29, 1.82) is 0 Å². The zero-order valence-electron chi connectivity index (χ0n) is 16.8. The van der Waals surface area contributed by atoms with Gasteiger partial charge in [-0.1, -0.05) is 12.1 Å². The molecule has 0 aliphatic carbocycles. The predicted octanol–water partition coefficient (Wildman–Crippen LogP) is 2.01. The van der Waals surface area contributed by atoms with Gasteiger partial charge in [-0.05, 0) is 49.6 Å². The Morgan fingerprint density at radius 3 is 2.93 bits per heavy atom. The quantitative estimate of drug-likeness (QED) is 0.650. The third kappa shape index (κ3) is 3.73. The summed E-state index contributed by atoms with van der Waals surface area (Å²) in [6, 6.07) is 7.31. The van der Waals surface area contributed by atoms with E-state index in [0.29, 0.717) is 32.9 Å². The van der Waals surface area contributed by atoms with Crippen LogP contribution in [0.1, 0.15) is 33.6 Å². The number of nitrogens with two attached hydrogens (primary N) is 1. The van der Waals surface area contributed by atoms with Crippen LogP contribution in [0.25, 0.3) is 10.2 Å². The molecule has 9 heteroatoms. The van der Waals surface area contributed by atoms with E-state index < -0.39 is 0 Å². The number of benzene rings is 1. The van der Waals surface area contributed by atoms with Crippen molar-refractivity contribution in [2.45, 2.75) is 32.4 Å². The number of carbonyl (C=O) groups is 2. The summed E-state index contributed by atoms with van der Waals surface area (Å²) in [5.41, 5.74) is 7.63. The molecule has 156 valence electrons. The van der Waals surface area contributed by atoms with Gasteiger partial charge >= 0.3 is 0 Å². The number of likely N-dealkylation sites (tertiary alicyclic amines) is 1. The van der Waals surface area contributed by atoms with E-state index in [2.05, 4.69) is 15.2 Å². The van der Waals surface area contributed by atoms with E-state index in [4.69, 9.17) is 5.73 Å². The number of thiophene rings is 1. The lowest BCUT2D eigenvalue weighted by atomic mass is 10.1. The molecule has 3 aromatic rings. The first kappa shape index (κ1) is 20.2. The number of nitrogens with zero attached hydrogens (tertiary/aromatic N) is 3. The molecule has 0 spiro atoms. The minimum Gasteiger partial charge on any atom is -0.368 e. The van der Waals surface area contributed by atoms with Crippen LogP contribution < -0.4 is 16.6 Å². The number of aromatic nitrogens is 2. The summed E-state index contributed by atoms with van der Waals surface area (Å²) < 4.78 is 1.41. The first-order chi connectivity index (χ1) is 14.3. The highest BCUT2D eigenvalue weighted by atomic mass is 32.1. The standard InChI is InChI=1S/C21H23N5O3S/c1-12-16-20(23-11-25(2)21(16)29)30-17(12)19(28)24-14-6-3-5-13(9-14)10-26-8-4-7-15(26)18(22)27/h3,5-6,9,11,15H,4,7-8,10H2,1-2H3,(H2,22,27)(H,24,28). The van der Waals surface area contributed by atoms with Crippen LogP contribution >= 0.6 is 11.3 Å². The largest absolute Gasteiger partial charge is 0.368 e. The highest BCUT2D eigenvalue weighted by molar-refractivity contribution is 7.20. The summed E-state index contributed by atoms with van der Waals surface area (Å²) in [7, 11) is 1.64. The van der Waals surface area contributed by atoms with Crippen molar-refractivity contribution in [3.05, 3.63) is 57.0 Å². The number of hydrogen-bond acceptors (Lipinski definition) is 6. The Hall–Kier alpha value is -3.04. The lowest BCUT2D eigenvalue weighted by molar-refractivity contribution is -0.122. The number of anilines is 1. The Bertz CT molecular complexity index is 1200. The van der Waals surface area contributed by atoms with E-state index in [1.165, 1.54) is 22.2 Å². The van der Waals surface area contributed by atoms with Gasteiger partial charge in [-0.2, -0.15) is 0 Å². The van der Waals surface area contributed by atoms with Gasteiger partial charge in [0.05, 0.1) is 22.6 Å². The van der Waals surface area contributed by atoms with E-state index in [0.717, 1.165) is 24.9 Å². The van der Waals surface area contributed by atoms with E-state index in [1.807, 2.05) is 24.3 Å². The highest BCUT2D eigenvalue weighted by Crippen LogP contribution is 2.28. The number of rotatable bonds is 5. The predicted molar refractivity (Wildman–Crippen MR) is 117 cm³/mol. The van der Waals surface area contributed by atoms with Crippen LogP contribution in [0.4, 0.5) is 5.69 Å². The van der Waals surface area contributed by atoms with Crippen molar-refractivity contribution in [2.24, 2.45) is 12.8 Å². The molecule has 2 amide bonds. The molecule has 8 nitrogen and oxygen atoms in total. The van der Waals surface area contributed by atoms with E-state index in [-0.39, 0.29) is 23.4 Å². The molecule has 1 atom stereocenters. The van der Waals surface area contributed by atoms with Crippen LogP contribution in [0.3, 0.4) is 0 Å². The van der Waals surface area contributed by atoms with Gasteiger partial charge < -0.3 is 15.6 Å². The maximum atomic E-state index is 12.9. The van der Waals surface area contributed by atoms with Gasteiger partial charge in [0.1, 0.15) is 4.83 Å². The summed E-state index contributed by atoms with van der Waals surface area (Å²) in [5.74, 6) is -0.567. The summed E-state index contributed by atoms with van der Waals surface area (Å²) in [5, 5.41) is 3.40. The molecule has 30 heavy (non-hydrogen) atoms. The van der Waals surface area contributed by atoms with Gasteiger partial charge in [0.2, 0.25) is 5.91 Å². The van der Waals surface area contributed by atoms with Gasteiger partial charge in [0.25, 0.3) is 11.5 Å². The molecule has 1 unspecified atom stereocenters. The second-order valence-corrected chi connectivity index (χ2v) is 8.58. The maximum absolute atomic E-state index is 12.9. The van der Waals surface area contributed by atoms with Gasteiger partial charge in [0.15, 0.2) is 0 Å². The van der Waals surface area contributed by atoms with Crippen molar-refractivity contribution in [1.82, 2.24) is 14.5 Å². The van der Waals surface area contributed by atoms with Gasteiger partial charge in [-0.25, -0.2) is 4.98 Å². The number of amides is 2. The molecule has 3 N–H and O–H groups in total. The Morgan fingerprint density at radius 1 is 1.37 bits per heavy atom. The fourth-order valence-corrected chi connectivity index (χ4v) is 4.97. The topological polar surface area (TPSA) is 110 Å². The molecule has 0 saturated carbocycles. The van der Waals surface area contributed by atoms with Crippen LogP contribution in [-0.2, 0) is 18.4 Å². The SMILES string of the molecule is Cc1c(C(=O)Nc2cccc(CN3CCCC3C(N)=O)c2)sc2ncn(C)c(=O)c12. The highest BCUT2D eigenvalue weighted by Gasteiger charge is 2.28. The van der Waals surface area contributed by atoms with E-state index >= 15 is 0 Å².